The molecule has 130 valence electrons. The molecule has 26 heavy (non-hydrogen) atoms. The molecule has 3 aromatic rings. The van der Waals surface area contributed by atoms with E-state index >= 15 is 0 Å². The van der Waals surface area contributed by atoms with Gasteiger partial charge >= 0.3 is 0 Å². The Labute approximate surface area is 152 Å². The van der Waals surface area contributed by atoms with Gasteiger partial charge in [0.05, 0.1) is 0 Å². The number of rotatable bonds is 3. The van der Waals surface area contributed by atoms with Crippen molar-refractivity contribution in [3.63, 3.8) is 0 Å². The number of imidazole rings is 1. The summed E-state index contributed by atoms with van der Waals surface area (Å²) in [5.41, 5.74) is 4.52. The molecule has 5 nitrogen and oxygen atoms in total. The van der Waals surface area contributed by atoms with E-state index < -0.39 is 0 Å². The van der Waals surface area contributed by atoms with Crippen LogP contribution in [0.25, 0.3) is 5.65 Å². The highest BCUT2D eigenvalue weighted by Gasteiger charge is 2.23. The summed E-state index contributed by atoms with van der Waals surface area (Å²) >= 11 is 0. The maximum atomic E-state index is 12.7. The Kier molecular flexibility index (Phi) is 4.18. The molecule has 2 aromatic heterocycles. The van der Waals surface area contributed by atoms with E-state index in [9.17, 15) is 4.79 Å². The minimum absolute atomic E-state index is 0.267. The highest BCUT2D eigenvalue weighted by Crippen LogP contribution is 2.34. The molecule has 0 atom stereocenters. The first-order chi connectivity index (χ1) is 12.7. The largest absolute Gasteiger partial charge is 0.321 e. The molecule has 0 unspecified atom stereocenters. The van der Waals surface area contributed by atoms with Gasteiger partial charge in [-0.1, -0.05) is 18.8 Å². The summed E-state index contributed by atoms with van der Waals surface area (Å²) in [6.07, 6.45) is 11.9. The molecule has 5 heteroatoms. The average molecular weight is 344 g/mol. The lowest BCUT2D eigenvalue weighted by atomic mass is 10.0. The molecule has 0 radical (unpaired) electrons. The van der Waals surface area contributed by atoms with Gasteiger partial charge in [0, 0.05) is 22.6 Å². The van der Waals surface area contributed by atoms with Crippen molar-refractivity contribution in [3.8, 4) is 12.3 Å². The van der Waals surface area contributed by atoms with E-state index in [1.165, 1.54) is 31.4 Å². The van der Waals surface area contributed by atoms with E-state index in [0.717, 1.165) is 11.3 Å². The van der Waals surface area contributed by atoms with Gasteiger partial charge < -0.3 is 5.32 Å². The Balaban J connectivity index is 1.67. The number of carbonyl (C=O) groups excluding carboxylic acids is 1. The molecule has 2 heterocycles. The Morgan fingerprint density at radius 3 is 2.69 bits per heavy atom. The van der Waals surface area contributed by atoms with Crippen LogP contribution in [0.4, 0.5) is 5.69 Å². The van der Waals surface area contributed by atoms with Crippen LogP contribution in [0.2, 0.25) is 0 Å². The van der Waals surface area contributed by atoms with Crippen molar-refractivity contribution in [2.24, 2.45) is 0 Å². The van der Waals surface area contributed by atoms with Crippen LogP contribution in [0.3, 0.4) is 0 Å². The Morgan fingerprint density at radius 2 is 2.00 bits per heavy atom. The van der Waals surface area contributed by atoms with E-state index in [0.29, 0.717) is 22.9 Å². The molecule has 0 bridgehead atoms. The highest BCUT2D eigenvalue weighted by atomic mass is 16.1. The molecule has 1 aliphatic carbocycles. The number of hydrogen-bond acceptors (Lipinski definition) is 3. The number of hydrogen-bond donors (Lipinski definition) is 1. The van der Waals surface area contributed by atoms with E-state index in [1.807, 2.05) is 11.3 Å². The van der Waals surface area contributed by atoms with Gasteiger partial charge in [-0.3, -0.25) is 9.20 Å². The monoisotopic (exact) mass is 344 g/mol. The normalized spacial score (nSPS) is 14.5. The average Bonchev–Trinajstić information content (AvgIpc) is 3.31. The Morgan fingerprint density at radius 1 is 1.27 bits per heavy atom. The van der Waals surface area contributed by atoms with Crippen molar-refractivity contribution in [3.05, 3.63) is 59.3 Å². The molecule has 1 aromatic carbocycles. The SMILES string of the molecule is C#Cc1ccc(NC(=O)c2ncn3c(C4CCCC4)cc(C)nc23)cc1. The van der Waals surface area contributed by atoms with Crippen molar-refractivity contribution in [1.29, 1.82) is 0 Å². The number of fused-ring (bicyclic) bond motifs is 1. The number of carbonyl (C=O) groups is 1. The molecule has 0 saturated heterocycles. The van der Waals surface area contributed by atoms with Crippen molar-refractivity contribution >= 4 is 17.2 Å². The summed E-state index contributed by atoms with van der Waals surface area (Å²) in [5.74, 6) is 2.81. The van der Waals surface area contributed by atoms with Gasteiger partial charge in [0.2, 0.25) is 0 Å². The van der Waals surface area contributed by atoms with Gasteiger partial charge in [-0.2, -0.15) is 0 Å². The molecule has 4 rings (SSSR count). The van der Waals surface area contributed by atoms with Crippen LogP contribution in [-0.2, 0) is 0 Å². The third kappa shape index (κ3) is 2.95. The fourth-order valence-electron chi connectivity index (χ4n) is 3.66. The smallest absolute Gasteiger partial charge is 0.278 e. The lowest BCUT2D eigenvalue weighted by Gasteiger charge is -2.13. The maximum Gasteiger partial charge on any atom is 0.278 e. The minimum atomic E-state index is -0.267. The summed E-state index contributed by atoms with van der Waals surface area (Å²) in [4.78, 5) is 21.6. The zero-order valence-electron chi connectivity index (χ0n) is 14.7. The fourth-order valence-corrected chi connectivity index (χ4v) is 3.66. The van der Waals surface area contributed by atoms with E-state index in [2.05, 4.69) is 27.3 Å². The maximum absolute atomic E-state index is 12.7. The lowest BCUT2D eigenvalue weighted by molar-refractivity contribution is 0.102. The summed E-state index contributed by atoms with van der Waals surface area (Å²) in [6.45, 7) is 1.96. The molecule has 1 N–H and O–H groups in total. The third-order valence-electron chi connectivity index (χ3n) is 4.96. The van der Waals surface area contributed by atoms with Gasteiger partial charge in [0.1, 0.15) is 6.33 Å². The van der Waals surface area contributed by atoms with E-state index in [4.69, 9.17) is 6.42 Å². The van der Waals surface area contributed by atoms with Crippen LogP contribution in [0, 0.1) is 19.3 Å². The number of aryl methyl sites for hydroxylation is 1. The fraction of sp³-hybridized carbons (Fsp3) is 0.286. The van der Waals surface area contributed by atoms with Crippen LogP contribution in [0.1, 0.15) is 59.0 Å². The topological polar surface area (TPSA) is 59.3 Å². The van der Waals surface area contributed by atoms with Crippen molar-refractivity contribution in [2.45, 2.75) is 38.5 Å². The molecule has 1 aliphatic rings. The molecular weight excluding hydrogens is 324 g/mol. The molecule has 1 saturated carbocycles. The van der Waals surface area contributed by atoms with Gasteiger partial charge in [0.15, 0.2) is 11.3 Å². The molecule has 1 fully saturated rings. The Hall–Kier alpha value is -3.13. The van der Waals surface area contributed by atoms with Gasteiger partial charge in [0.25, 0.3) is 5.91 Å². The number of aromatic nitrogens is 3. The third-order valence-corrected chi connectivity index (χ3v) is 4.96. The first kappa shape index (κ1) is 16.3. The van der Waals surface area contributed by atoms with Crippen molar-refractivity contribution < 1.29 is 4.79 Å². The first-order valence-corrected chi connectivity index (χ1v) is 8.88. The van der Waals surface area contributed by atoms with Crippen LogP contribution in [0.15, 0.2) is 36.7 Å². The number of terminal acetylenes is 1. The second-order valence-electron chi connectivity index (χ2n) is 6.77. The van der Waals surface area contributed by atoms with E-state index in [-0.39, 0.29) is 5.91 Å². The zero-order valence-corrected chi connectivity index (χ0v) is 14.7. The summed E-state index contributed by atoms with van der Waals surface area (Å²) in [5, 5.41) is 2.87. The van der Waals surface area contributed by atoms with Gasteiger partial charge in [-0.15, -0.1) is 6.42 Å². The predicted molar refractivity (Wildman–Crippen MR) is 101 cm³/mol. The second kappa shape index (κ2) is 6.64. The molecule has 0 aliphatic heterocycles. The van der Waals surface area contributed by atoms with Gasteiger partial charge in [-0.05, 0) is 56.0 Å². The molecule has 1 amide bonds. The quantitative estimate of drug-likeness (QED) is 0.733. The standard InChI is InChI=1S/C21H20N4O/c1-3-15-8-10-17(11-9-15)24-21(26)19-20-23-14(2)12-18(25(20)13-22-19)16-6-4-5-7-16/h1,8-13,16H,4-7H2,2H3,(H,24,26). The number of anilines is 1. The van der Waals surface area contributed by atoms with Crippen LogP contribution in [-0.4, -0.2) is 20.3 Å². The van der Waals surface area contributed by atoms with E-state index in [1.54, 1.807) is 30.6 Å². The van der Waals surface area contributed by atoms with Crippen LogP contribution in [0.5, 0.6) is 0 Å². The number of nitrogens with one attached hydrogen (secondary N) is 1. The minimum Gasteiger partial charge on any atom is -0.321 e. The summed E-state index contributed by atoms with van der Waals surface area (Å²) < 4.78 is 1.97. The van der Waals surface area contributed by atoms with Crippen molar-refractivity contribution in [1.82, 2.24) is 14.4 Å². The number of amides is 1. The molecule has 0 spiro atoms. The number of benzene rings is 1. The summed E-state index contributed by atoms with van der Waals surface area (Å²) in [7, 11) is 0. The Bertz CT molecular complexity index is 1000. The lowest BCUT2D eigenvalue weighted by Crippen LogP contribution is -2.14. The zero-order chi connectivity index (χ0) is 18.1. The van der Waals surface area contributed by atoms with Crippen LogP contribution >= 0.6 is 0 Å². The highest BCUT2D eigenvalue weighted by molar-refractivity contribution is 6.06. The van der Waals surface area contributed by atoms with Gasteiger partial charge in [-0.25, -0.2) is 9.97 Å². The van der Waals surface area contributed by atoms with Crippen LogP contribution < -0.4 is 5.32 Å². The summed E-state index contributed by atoms with van der Waals surface area (Å²) in [6, 6.07) is 9.27. The number of nitrogens with zero attached hydrogens (tertiary/aromatic N) is 3. The second-order valence-corrected chi connectivity index (χ2v) is 6.77. The van der Waals surface area contributed by atoms with Crippen molar-refractivity contribution in [2.75, 3.05) is 5.32 Å². The molecular formula is C21H20N4O. The first-order valence-electron chi connectivity index (χ1n) is 8.88. The predicted octanol–water partition coefficient (Wildman–Crippen LogP) is 3.93.